The van der Waals surface area contributed by atoms with Gasteiger partial charge in [0, 0.05) is 35.6 Å². The molecule has 1 aliphatic rings. The van der Waals surface area contributed by atoms with E-state index in [0.717, 1.165) is 16.9 Å². The molecule has 4 rings (SSSR count). The molecule has 3 atom stereocenters. The number of carbonyl (C=O) groups excluding carboxylic acids is 1. The van der Waals surface area contributed by atoms with Crippen molar-refractivity contribution in [2.75, 3.05) is 13.3 Å². The van der Waals surface area contributed by atoms with Crippen molar-refractivity contribution in [3.05, 3.63) is 106 Å². The van der Waals surface area contributed by atoms with Crippen LogP contribution in [0.3, 0.4) is 0 Å². The molecule has 0 bridgehead atoms. The zero-order chi connectivity index (χ0) is 24.9. The van der Waals surface area contributed by atoms with Crippen LogP contribution in [0.2, 0.25) is 5.02 Å². The molecule has 0 amide bonds. The van der Waals surface area contributed by atoms with Crippen LogP contribution in [-0.2, 0) is 11.3 Å². The van der Waals surface area contributed by atoms with Gasteiger partial charge in [-0.3, -0.25) is 4.90 Å². The SMILES string of the molecule is CC(c1ccccc1)c1cc(Cl)ccc1OCN1C[C@@H](C)N(Cc2ccc(F)cc2)C(=C=O)[C@@H]1C. The fraction of sp³-hybridized carbons (Fsp3) is 0.310. The van der Waals surface area contributed by atoms with Crippen LogP contribution in [-0.4, -0.2) is 41.1 Å². The van der Waals surface area contributed by atoms with Gasteiger partial charge in [-0.25, -0.2) is 9.18 Å². The van der Waals surface area contributed by atoms with Gasteiger partial charge in [0.2, 0.25) is 0 Å². The van der Waals surface area contributed by atoms with E-state index in [2.05, 4.69) is 36.8 Å². The first-order valence-electron chi connectivity index (χ1n) is 11.8. The van der Waals surface area contributed by atoms with Gasteiger partial charge < -0.3 is 9.64 Å². The van der Waals surface area contributed by atoms with E-state index in [9.17, 15) is 9.18 Å². The lowest BCUT2D eigenvalue weighted by Gasteiger charge is -2.45. The van der Waals surface area contributed by atoms with Gasteiger partial charge >= 0.3 is 0 Å². The summed E-state index contributed by atoms with van der Waals surface area (Å²) in [6.07, 6.45) is 0. The summed E-state index contributed by atoms with van der Waals surface area (Å²) in [4.78, 5) is 16.2. The highest BCUT2D eigenvalue weighted by Crippen LogP contribution is 2.34. The van der Waals surface area contributed by atoms with Crippen LogP contribution in [0.15, 0.2) is 78.5 Å². The standard InChI is InChI=1S/C29H30ClFN2O2/c1-20-16-32(22(3)28(18-34)33(20)17-23-9-12-26(31)13-10-23)19-35-29-14-11-25(30)15-27(29)21(2)24-7-5-4-6-8-24/h4-15,20-22H,16-17,19H2,1-3H3/t20-,21?,22+/m1/s1. The second-order valence-electron chi connectivity index (χ2n) is 9.13. The molecular weight excluding hydrogens is 463 g/mol. The minimum Gasteiger partial charge on any atom is -0.478 e. The number of benzene rings is 3. The molecule has 0 radical (unpaired) electrons. The summed E-state index contributed by atoms with van der Waals surface area (Å²) in [7, 11) is 0. The van der Waals surface area contributed by atoms with Crippen LogP contribution < -0.4 is 4.74 Å². The van der Waals surface area contributed by atoms with E-state index in [4.69, 9.17) is 16.3 Å². The fourth-order valence-corrected chi connectivity index (χ4v) is 4.83. The van der Waals surface area contributed by atoms with Crippen molar-refractivity contribution < 1.29 is 13.9 Å². The Morgan fingerprint density at radius 3 is 2.49 bits per heavy atom. The van der Waals surface area contributed by atoms with Crippen molar-refractivity contribution in [1.82, 2.24) is 9.80 Å². The number of hydrogen-bond donors (Lipinski definition) is 0. The van der Waals surface area contributed by atoms with Crippen molar-refractivity contribution in [3.8, 4) is 5.75 Å². The Hall–Kier alpha value is -3.11. The predicted molar refractivity (Wildman–Crippen MR) is 138 cm³/mol. The van der Waals surface area contributed by atoms with Crippen molar-refractivity contribution in [2.45, 2.75) is 45.3 Å². The Morgan fingerprint density at radius 2 is 1.80 bits per heavy atom. The average molecular weight is 493 g/mol. The lowest BCUT2D eigenvalue weighted by Crippen LogP contribution is -2.55. The molecule has 0 saturated carbocycles. The first-order chi connectivity index (χ1) is 16.9. The van der Waals surface area contributed by atoms with Gasteiger partial charge in [0.15, 0.2) is 0 Å². The number of nitrogens with zero attached hydrogens (tertiary/aromatic N) is 2. The Kier molecular flexibility index (Phi) is 7.92. The molecule has 1 heterocycles. The fourth-order valence-electron chi connectivity index (χ4n) is 4.65. The van der Waals surface area contributed by atoms with Crippen molar-refractivity contribution in [3.63, 3.8) is 0 Å². The third-order valence-electron chi connectivity index (χ3n) is 6.78. The highest BCUT2D eigenvalue weighted by molar-refractivity contribution is 6.30. The Bertz CT molecular complexity index is 1200. The summed E-state index contributed by atoms with van der Waals surface area (Å²) in [6, 6.07) is 22.2. The maximum atomic E-state index is 13.3. The first kappa shape index (κ1) is 25.0. The monoisotopic (exact) mass is 492 g/mol. The lowest BCUT2D eigenvalue weighted by atomic mass is 9.92. The van der Waals surface area contributed by atoms with Gasteiger partial charge in [-0.15, -0.1) is 0 Å². The molecule has 0 N–H and O–H groups in total. The van der Waals surface area contributed by atoms with Gasteiger partial charge in [0.25, 0.3) is 0 Å². The molecule has 35 heavy (non-hydrogen) atoms. The van der Waals surface area contributed by atoms with E-state index >= 15 is 0 Å². The van der Waals surface area contributed by atoms with E-state index in [0.29, 0.717) is 30.5 Å². The maximum Gasteiger partial charge on any atom is 0.147 e. The third kappa shape index (κ3) is 5.76. The number of rotatable bonds is 7. The smallest absolute Gasteiger partial charge is 0.147 e. The van der Waals surface area contributed by atoms with E-state index in [1.165, 1.54) is 17.7 Å². The Morgan fingerprint density at radius 1 is 1.09 bits per heavy atom. The lowest BCUT2D eigenvalue weighted by molar-refractivity contribution is 0.0282. The van der Waals surface area contributed by atoms with Crippen LogP contribution in [0.4, 0.5) is 4.39 Å². The molecule has 3 aromatic rings. The summed E-state index contributed by atoms with van der Waals surface area (Å²) in [6.45, 7) is 7.77. The molecule has 0 aromatic heterocycles. The zero-order valence-corrected chi connectivity index (χ0v) is 21.0. The molecule has 3 aromatic carbocycles. The van der Waals surface area contributed by atoms with Gasteiger partial charge in [-0.1, -0.05) is 61.0 Å². The molecule has 1 unspecified atom stereocenters. The highest BCUT2D eigenvalue weighted by Gasteiger charge is 2.34. The Balaban J connectivity index is 1.49. The second kappa shape index (κ2) is 11.1. The maximum absolute atomic E-state index is 13.3. The normalized spacial score (nSPS) is 19.3. The second-order valence-corrected chi connectivity index (χ2v) is 9.56. The zero-order valence-electron chi connectivity index (χ0n) is 20.2. The summed E-state index contributed by atoms with van der Waals surface area (Å²) in [5.41, 5.74) is 3.72. The van der Waals surface area contributed by atoms with Crippen LogP contribution in [0.1, 0.15) is 43.4 Å². The minimum atomic E-state index is -0.272. The molecule has 4 nitrogen and oxygen atoms in total. The molecule has 1 saturated heterocycles. The molecule has 0 spiro atoms. The van der Waals surface area contributed by atoms with E-state index in [-0.39, 0.29) is 23.8 Å². The minimum absolute atomic E-state index is 0.0595. The van der Waals surface area contributed by atoms with Crippen LogP contribution in [0, 0.1) is 5.82 Å². The highest BCUT2D eigenvalue weighted by atomic mass is 35.5. The summed E-state index contributed by atoms with van der Waals surface area (Å²) >= 11 is 6.33. The van der Waals surface area contributed by atoms with E-state index in [1.807, 2.05) is 48.2 Å². The summed E-state index contributed by atoms with van der Waals surface area (Å²) in [5.74, 6) is 2.77. The first-order valence-corrected chi connectivity index (χ1v) is 12.2. The van der Waals surface area contributed by atoms with Crippen LogP contribution in [0.25, 0.3) is 0 Å². The number of ether oxygens (including phenoxy) is 1. The topological polar surface area (TPSA) is 32.8 Å². The molecule has 1 aliphatic heterocycles. The average Bonchev–Trinajstić information content (AvgIpc) is 2.87. The van der Waals surface area contributed by atoms with Gasteiger partial charge in [0.05, 0.1) is 6.04 Å². The molecule has 0 aliphatic carbocycles. The van der Waals surface area contributed by atoms with Crippen molar-refractivity contribution in [2.24, 2.45) is 0 Å². The van der Waals surface area contributed by atoms with Gasteiger partial charge in [-0.2, -0.15) is 0 Å². The number of halogens is 2. The number of piperazine rings is 1. The predicted octanol–water partition coefficient (Wildman–Crippen LogP) is 6.28. The Labute approximate surface area is 211 Å². The number of hydrogen-bond acceptors (Lipinski definition) is 4. The van der Waals surface area contributed by atoms with Crippen molar-refractivity contribution in [1.29, 1.82) is 0 Å². The van der Waals surface area contributed by atoms with E-state index in [1.54, 1.807) is 12.1 Å². The molecule has 182 valence electrons. The van der Waals surface area contributed by atoms with Crippen LogP contribution in [0.5, 0.6) is 5.75 Å². The molecular formula is C29H30ClFN2O2. The third-order valence-corrected chi connectivity index (χ3v) is 7.01. The van der Waals surface area contributed by atoms with Crippen molar-refractivity contribution >= 4 is 17.5 Å². The van der Waals surface area contributed by atoms with E-state index < -0.39 is 0 Å². The molecule has 6 heteroatoms. The summed E-state index contributed by atoms with van der Waals surface area (Å²) in [5, 5.41) is 0.665. The van der Waals surface area contributed by atoms with Gasteiger partial charge in [-0.05, 0) is 55.3 Å². The summed E-state index contributed by atoms with van der Waals surface area (Å²) < 4.78 is 19.6. The molecule has 1 fully saturated rings. The van der Waals surface area contributed by atoms with Gasteiger partial charge in [0.1, 0.15) is 29.9 Å². The largest absolute Gasteiger partial charge is 0.478 e. The quantitative estimate of drug-likeness (QED) is 0.363. The van der Waals surface area contributed by atoms with Crippen LogP contribution >= 0.6 is 11.6 Å².